The highest BCUT2D eigenvalue weighted by Crippen LogP contribution is 2.25. The zero-order valence-corrected chi connectivity index (χ0v) is 20.3. The Balaban J connectivity index is 1.43. The van der Waals surface area contributed by atoms with Crippen LogP contribution in [0.5, 0.6) is 5.75 Å². The minimum Gasteiger partial charge on any atom is -0.484 e. The molecule has 4 rings (SSSR count). The number of hydrogen-bond acceptors (Lipinski definition) is 5. The Kier molecular flexibility index (Phi) is 7.17. The minimum atomic E-state index is -0.854. The lowest BCUT2D eigenvalue weighted by molar-refractivity contribution is -0.122. The monoisotopic (exact) mass is 503 g/mol. The van der Waals surface area contributed by atoms with Gasteiger partial charge in [0, 0.05) is 10.7 Å². The van der Waals surface area contributed by atoms with E-state index in [0.717, 1.165) is 21.7 Å². The van der Waals surface area contributed by atoms with Crippen LogP contribution < -0.4 is 20.3 Å². The summed E-state index contributed by atoms with van der Waals surface area (Å²) in [6, 6.07) is 17.5. The van der Waals surface area contributed by atoms with Gasteiger partial charge in [-0.15, -0.1) is 0 Å². The van der Waals surface area contributed by atoms with Crippen LogP contribution in [0.15, 0.2) is 72.3 Å². The molecule has 5 amide bonds. The standard InChI is InChI=1S/C27H22ClN3O5/c1-16-5-3-8-23(17(16)2)29-24(32)15-36-21-11-9-18(10-12-21)13-22-25(33)30-27(35)31(26(22)34)20-7-4-6-19(28)14-20/h3-14H,15H2,1-2H3,(H,29,32)(H,30,33,35)/b22-13+. The molecule has 36 heavy (non-hydrogen) atoms. The molecule has 0 saturated carbocycles. The summed E-state index contributed by atoms with van der Waals surface area (Å²) in [7, 11) is 0. The van der Waals surface area contributed by atoms with Gasteiger partial charge in [0.1, 0.15) is 11.3 Å². The molecule has 3 aromatic rings. The molecule has 3 aromatic carbocycles. The van der Waals surface area contributed by atoms with Crippen molar-refractivity contribution < 1.29 is 23.9 Å². The van der Waals surface area contributed by atoms with E-state index in [0.29, 0.717) is 16.3 Å². The zero-order chi connectivity index (χ0) is 25.8. The van der Waals surface area contributed by atoms with Gasteiger partial charge < -0.3 is 10.1 Å². The van der Waals surface area contributed by atoms with Gasteiger partial charge in [-0.25, -0.2) is 9.69 Å². The number of imide groups is 2. The summed E-state index contributed by atoms with van der Waals surface area (Å²) in [5.41, 5.74) is 3.35. The Bertz CT molecular complexity index is 1400. The quantitative estimate of drug-likeness (QED) is 0.376. The molecular weight excluding hydrogens is 482 g/mol. The first-order valence-corrected chi connectivity index (χ1v) is 11.4. The van der Waals surface area contributed by atoms with E-state index in [1.165, 1.54) is 12.1 Å². The van der Waals surface area contributed by atoms with Crippen molar-refractivity contribution in [1.82, 2.24) is 5.32 Å². The molecule has 1 saturated heterocycles. The third-order valence-corrected chi connectivity index (χ3v) is 5.84. The van der Waals surface area contributed by atoms with Crippen LogP contribution >= 0.6 is 11.6 Å². The maximum atomic E-state index is 13.0. The highest BCUT2D eigenvalue weighted by Gasteiger charge is 2.36. The first-order chi connectivity index (χ1) is 17.2. The molecule has 0 bridgehead atoms. The lowest BCUT2D eigenvalue weighted by Crippen LogP contribution is -2.54. The second kappa shape index (κ2) is 10.5. The number of anilines is 2. The van der Waals surface area contributed by atoms with E-state index in [-0.39, 0.29) is 23.8 Å². The number of hydrogen-bond donors (Lipinski definition) is 2. The molecule has 0 unspecified atom stereocenters. The zero-order valence-electron chi connectivity index (χ0n) is 19.5. The van der Waals surface area contributed by atoms with Crippen LogP contribution in [0.3, 0.4) is 0 Å². The molecule has 0 radical (unpaired) electrons. The normalized spacial score (nSPS) is 14.6. The van der Waals surface area contributed by atoms with Gasteiger partial charge in [-0.05, 0) is 73.0 Å². The second-order valence-electron chi connectivity index (χ2n) is 8.09. The van der Waals surface area contributed by atoms with Crippen molar-refractivity contribution in [2.24, 2.45) is 0 Å². The van der Waals surface area contributed by atoms with Gasteiger partial charge in [0.2, 0.25) is 0 Å². The molecule has 182 valence electrons. The van der Waals surface area contributed by atoms with Gasteiger partial charge in [0.05, 0.1) is 5.69 Å². The van der Waals surface area contributed by atoms with Gasteiger partial charge in [0.15, 0.2) is 6.61 Å². The summed E-state index contributed by atoms with van der Waals surface area (Å²) in [5.74, 6) is -1.44. The van der Waals surface area contributed by atoms with Gasteiger partial charge in [-0.2, -0.15) is 0 Å². The largest absolute Gasteiger partial charge is 0.484 e. The van der Waals surface area contributed by atoms with E-state index in [4.69, 9.17) is 16.3 Å². The molecule has 0 aromatic heterocycles. The number of barbiturate groups is 1. The van der Waals surface area contributed by atoms with Crippen LogP contribution in [0.4, 0.5) is 16.2 Å². The average molecular weight is 504 g/mol. The first-order valence-electron chi connectivity index (χ1n) is 11.0. The second-order valence-corrected chi connectivity index (χ2v) is 8.53. The Morgan fingerprint density at radius 1 is 1.03 bits per heavy atom. The summed E-state index contributed by atoms with van der Waals surface area (Å²) in [6.07, 6.45) is 1.37. The molecule has 0 aliphatic carbocycles. The van der Waals surface area contributed by atoms with Crippen molar-refractivity contribution in [3.8, 4) is 5.75 Å². The molecule has 0 spiro atoms. The number of urea groups is 1. The summed E-state index contributed by atoms with van der Waals surface area (Å²) >= 11 is 5.98. The average Bonchev–Trinajstić information content (AvgIpc) is 2.84. The SMILES string of the molecule is Cc1cccc(NC(=O)COc2ccc(/C=C3\C(=O)NC(=O)N(c4cccc(Cl)c4)C3=O)cc2)c1C. The van der Waals surface area contributed by atoms with E-state index in [1.807, 2.05) is 32.0 Å². The summed E-state index contributed by atoms with van der Waals surface area (Å²) < 4.78 is 5.55. The fourth-order valence-corrected chi connectivity index (χ4v) is 3.74. The number of nitrogens with one attached hydrogen (secondary N) is 2. The number of benzene rings is 3. The predicted molar refractivity (Wildman–Crippen MR) is 137 cm³/mol. The number of carbonyl (C=O) groups is 4. The summed E-state index contributed by atoms with van der Waals surface area (Å²) in [5, 5.41) is 5.33. The number of carbonyl (C=O) groups excluding carboxylic acids is 4. The molecule has 2 N–H and O–H groups in total. The Labute approximate surface area is 212 Å². The van der Waals surface area contributed by atoms with Crippen LogP contribution in [0.25, 0.3) is 6.08 Å². The predicted octanol–water partition coefficient (Wildman–Crippen LogP) is 4.64. The summed E-state index contributed by atoms with van der Waals surface area (Å²) in [4.78, 5) is 50.8. The lowest BCUT2D eigenvalue weighted by Gasteiger charge is -2.26. The number of ether oxygens (including phenoxy) is 1. The van der Waals surface area contributed by atoms with Gasteiger partial charge in [0.25, 0.3) is 17.7 Å². The molecule has 1 aliphatic rings. The van der Waals surface area contributed by atoms with Crippen molar-refractivity contribution in [2.75, 3.05) is 16.8 Å². The van der Waals surface area contributed by atoms with E-state index < -0.39 is 17.8 Å². The topological polar surface area (TPSA) is 105 Å². The van der Waals surface area contributed by atoms with Crippen molar-refractivity contribution in [1.29, 1.82) is 0 Å². The number of aryl methyl sites for hydroxylation is 1. The maximum Gasteiger partial charge on any atom is 0.335 e. The Morgan fingerprint density at radius 3 is 2.47 bits per heavy atom. The van der Waals surface area contributed by atoms with Gasteiger partial charge >= 0.3 is 6.03 Å². The van der Waals surface area contributed by atoms with E-state index in [2.05, 4.69) is 10.6 Å². The number of halogens is 1. The Hall–Kier alpha value is -4.43. The van der Waals surface area contributed by atoms with Crippen molar-refractivity contribution >= 4 is 52.8 Å². The third kappa shape index (κ3) is 5.45. The molecule has 1 heterocycles. The Morgan fingerprint density at radius 2 is 1.75 bits per heavy atom. The van der Waals surface area contributed by atoms with Crippen LogP contribution in [0.2, 0.25) is 5.02 Å². The van der Waals surface area contributed by atoms with E-state index >= 15 is 0 Å². The van der Waals surface area contributed by atoms with Crippen molar-refractivity contribution in [2.45, 2.75) is 13.8 Å². The highest BCUT2D eigenvalue weighted by atomic mass is 35.5. The molecule has 8 nitrogen and oxygen atoms in total. The molecular formula is C27H22ClN3O5. The number of nitrogens with zero attached hydrogens (tertiary/aromatic N) is 1. The number of rotatable bonds is 6. The molecule has 1 aliphatic heterocycles. The van der Waals surface area contributed by atoms with Crippen LogP contribution in [0, 0.1) is 13.8 Å². The maximum absolute atomic E-state index is 13.0. The van der Waals surface area contributed by atoms with Crippen LogP contribution in [-0.2, 0) is 14.4 Å². The van der Waals surface area contributed by atoms with Crippen LogP contribution in [0.1, 0.15) is 16.7 Å². The molecule has 1 fully saturated rings. The summed E-state index contributed by atoms with van der Waals surface area (Å²) in [6.45, 7) is 3.71. The van der Waals surface area contributed by atoms with Crippen molar-refractivity contribution in [3.63, 3.8) is 0 Å². The minimum absolute atomic E-state index is 0.189. The first kappa shape index (κ1) is 24.7. The molecule has 9 heteroatoms. The van der Waals surface area contributed by atoms with E-state index in [9.17, 15) is 19.2 Å². The van der Waals surface area contributed by atoms with Gasteiger partial charge in [-0.3, -0.25) is 19.7 Å². The lowest BCUT2D eigenvalue weighted by atomic mass is 10.1. The van der Waals surface area contributed by atoms with Crippen molar-refractivity contribution in [3.05, 3.63) is 94.0 Å². The van der Waals surface area contributed by atoms with E-state index in [1.54, 1.807) is 42.5 Å². The smallest absolute Gasteiger partial charge is 0.335 e. The van der Waals surface area contributed by atoms with Gasteiger partial charge in [-0.1, -0.05) is 41.9 Å². The third-order valence-electron chi connectivity index (χ3n) is 5.61. The number of amides is 5. The fourth-order valence-electron chi connectivity index (χ4n) is 3.56. The highest BCUT2D eigenvalue weighted by molar-refractivity contribution is 6.39. The molecule has 0 atom stereocenters. The van der Waals surface area contributed by atoms with Crippen LogP contribution in [-0.4, -0.2) is 30.4 Å². The fraction of sp³-hybridized carbons (Fsp3) is 0.111.